The second kappa shape index (κ2) is 16.2. The smallest absolute Gasteiger partial charge is 0.317 e. The number of rotatable bonds is 14. The first-order chi connectivity index (χ1) is 18.5. The minimum Gasteiger partial charge on any atom is -0.480 e. The molecule has 2 fully saturated rings. The highest BCUT2D eigenvalue weighted by molar-refractivity contribution is 5.99. The summed E-state index contributed by atoms with van der Waals surface area (Å²) in [7, 11) is 0. The van der Waals surface area contributed by atoms with E-state index in [-0.39, 0.29) is 71.0 Å². The molecule has 0 unspecified atom stereocenters. The maximum atomic E-state index is 11.3. The molecule has 2 rings (SSSR count). The molecule has 0 aromatic rings. The SMILES string of the molecule is C[C@@H](CN(CC(N)=O)CC(=O)O)N1CC(=O)NC(=O)C1.C[C@@H](CN1CC(=O)NC(=O)C1)N(CC(N)=O)CC(=O)O. The number of primary amides is 2. The van der Waals surface area contributed by atoms with E-state index in [9.17, 15) is 38.4 Å². The zero-order chi connectivity index (χ0) is 30.6. The number of imide groups is 2. The zero-order valence-corrected chi connectivity index (χ0v) is 22.3. The van der Waals surface area contributed by atoms with Crippen molar-refractivity contribution in [1.82, 2.24) is 30.2 Å². The second-order valence-electron chi connectivity index (χ2n) is 9.51. The lowest BCUT2D eigenvalue weighted by Gasteiger charge is -2.33. The molecular formula is C22H36N8O10. The third-order valence-corrected chi connectivity index (χ3v) is 5.71. The van der Waals surface area contributed by atoms with E-state index in [0.717, 1.165) is 0 Å². The van der Waals surface area contributed by atoms with Gasteiger partial charge in [-0.25, -0.2) is 0 Å². The van der Waals surface area contributed by atoms with Crippen LogP contribution in [0.2, 0.25) is 0 Å². The molecule has 0 aromatic heterocycles. The van der Waals surface area contributed by atoms with Gasteiger partial charge in [0.1, 0.15) is 0 Å². The van der Waals surface area contributed by atoms with Crippen molar-refractivity contribution >= 4 is 47.4 Å². The highest BCUT2D eigenvalue weighted by Gasteiger charge is 2.28. The van der Waals surface area contributed by atoms with Gasteiger partial charge in [0.2, 0.25) is 35.4 Å². The summed E-state index contributed by atoms with van der Waals surface area (Å²) in [6.07, 6.45) is 0. The van der Waals surface area contributed by atoms with E-state index < -0.39 is 47.4 Å². The van der Waals surface area contributed by atoms with Crippen LogP contribution < -0.4 is 22.1 Å². The number of carboxylic acids is 2. The number of carbonyl (C=O) groups excluding carboxylic acids is 6. The minimum atomic E-state index is -1.08. The Kier molecular flexibility index (Phi) is 13.8. The Balaban J connectivity index is 0.000000400. The summed E-state index contributed by atoms with van der Waals surface area (Å²) in [4.78, 5) is 94.3. The molecule has 0 saturated carbocycles. The fourth-order valence-electron chi connectivity index (χ4n) is 4.11. The third kappa shape index (κ3) is 13.7. The summed E-state index contributed by atoms with van der Waals surface area (Å²) < 4.78 is 0. The Hall–Kier alpha value is -4.00. The van der Waals surface area contributed by atoms with Gasteiger partial charge in [-0.2, -0.15) is 0 Å². The van der Waals surface area contributed by atoms with Gasteiger partial charge in [-0.15, -0.1) is 0 Å². The Labute approximate surface area is 229 Å². The number of nitrogens with two attached hydrogens (primary N) is 2. The van der Waals surface area contributed by atoms with Crippen LogP contribution in [0, 0.1) is 0 Å². The normalized spacial score (nSPS) is 17.9. The maximum Gasteiger partial charge on any atom is 0.317 e. The number of carboxylic acid groups (broad SMARTS) is 2. The molecule has 8 N–H and O–H groups in total. The molecular weight excluding hydrogens is 536 g/mol. The van der Waals surface area contributed by atoms with Crippen LogP contribution in [-0.4, -0.2) is 155 Å². The molecule has 0 aliphatic carbocycles. The van der Waals surface area contributed by atoms with Crippen molar-refractivity contribution in [3.63, 3.8) is 0 Å². The molecule has 18 heteroatoms. The van der Waals surface area contributed by atoms with Crippen molar-refractivity contribution in [3.8, 4) is 0 Å². The predicted octanol–water partition coefficient (Wildman–Crippen LogP) is -5.59. The van der Waals surface area contributed by atoms with Gasteiger partial charge < -0.3 is 21.7 Å². The van der Waals surface area contributed by atoms with Crippen LogP contribution in [0.4, 0.5) is 0 Å². The van der Waals surface area contributed by atoms with Crippen molar-refractivity contribution in [2.24, 2.45) is 11.5 Å². The lowest BCUT2D eigenvalue weighted by molar-refractivity contribution is -0.141. The van der Waals surface area contributed by atoms with Crippen LogP contribution in [0.5, 0.6) is 0 Å². The van der Waals surface area contributed by atoms with Crippen LogP contribution in [-0.2, 0) is 38.4 Å². The topological polar surface area (TPSA) is 266 Å². The molecule has 0 bridgehead atoms. The highest BCUT2D eigenvalue weighted by atomic mass is 16.4. The van der Waals surface area contributed by atoms with E-state index in [1.54, 1.807) is 23.6 Å². The molecule has 2 saturated heterocycles. The van der Waals surface area contributed by atoms with Gasteiger partial charge in [0.15, 0.2) is 0 Å². The number of hydrogen-bond donors (Lipinski definition) is 6. The maximum absolute atomic E-state index is 11.3. The number of carbonyl (C=O) groups is 8. The van der Waals surface area contributed by atoms with Crippen LogP contribution in [0.15, 0.2) is 0 Å². The summed E-state index contributed by atoms with van der Waals surface area (Å²) in [5.74, 6) is -5.00. The monoisotopic (exact) mass is 572 g/mol. The van der Waals surface area contributed by atoms with E-state index in [1.165, 1.54) is 9.80 Å². The Morgan fingerprint density at radius 2 is 1.23 bits per heavy atom. The molecule has 2 atom stereocenters. The number of aliphatic carboxylic acids is 2. The molecule has 0 radical (unpaired) electrons. The average Bonchev–Trinajstić information content (AvgIpc) is 2.76. The summed E-state index contributed by atoms with van der Waals surface area (Å²) in [6, 6.07) is -0.596. The van der Waals surface area contributed by atoms with Gasteiger partial charge in [0, 0.05) is 25.2 Å². The first-order valence-electron chi connectivity index (χ1n) is 12.1. The first-order valence-corrected chi connectivity index (χ1v) is 12.1. The molecule has 2 aliphatic rings. The minimum absolute atomic E-state index is 0.0599. The zero-order valence-electron chi connectivity index (χ0n) is 22.3. The van der Waals surface area contributed by atoms with Crippen molar-refractivity contribution in [3.05, 3.63) is 0 Å². The predicted molar refractivity (Wildman–Crippen MR) is 135 cm³/mol. The van der Waals surface area contributed by atoms with E-state index in [2.05, 4.69) is 10.6 Å². The van der Waals surface area contributed by atoms with E-state index in [0.29, 0.717) is 6.54 Å². The van der Waals surface area contributed by atoms with Gasteiger partial charge in [0.25, 0.3) is 0 Å². The van der Waals surface area contributed by atoms with Crippen molar-refractivity contribution in [1.29, 1.82) is 0 Å². The standard InChI is InChI=1S/2C11H18N4O5/c1-7(15(3-8(12)16)6-11(19)20)2-14-4-9(17)13-10(18)5-14;1-7(15-4-9(17)13-10(18)5-15)2-14(3-8(12)16)6-11(19)20/h2*7H,2-6H2,1H3,(H2,12,16)(H,19,20)(H,13,17,18)/t2*7-/m00/s1. The molecule has 2 heterocycles. The molecule has 0 spiro atoms. The van der Waals surface area contributed by atoms with E-state index in [1.807, 2.05) is 0 Å². The van der Waals surface area contributed by atoms with Gasteiger partial charge in [0.05, 0.1) is 52.4 Å². The summed E-state index contributed by atoms with van der Waals surface area (Å²) in [5.41, 5.74) is 10.1. The number of nitrogens with one attached hydrogen (secondary N) is 2. The fourth-order valence-corrected chi connectivity index (χ4v) is 4.11. The number of piperazine rings is 2. The quantitative estimate of drug-likeness (QED) is 0.106. The van der Waals surface area contributed by atoms with Gasteiger partial charge in [-0.3, -0.25) is 68.6 Å². The van der Waals surface area contributed by atoms with Crippen LogP contribution in [0.1, 0.15) is 13.8 Å². The van der Waals surface area contributed by atoms with E-state index >= 15 is 0 Å². The highest BCUT2D eigenvalue weighted by Crippen LogP contribution is 2.06. The van der Waals surface area contributed by atoms with Gasteiger partial charge in [-0.1, -0.05) is 0 Å². The Morgan fingerprint density at radius 1 is 0.775 bits per heavy atom. The Morgan fingerprint density at radius 3 is 1.65 bits per heavy atom. The summed E-state index contributed by atoms with van der Waals surface area (Å²) >= 11 is 0. The molecule has 18 nitrogen and oxygen atoms in total. The van der Waals surface area contributed by atoms with Gasteiger partial charge in [-0.05, 0) is 13.8 Å². The van der Waals surface area contributed by atoms with Crippen molar-refractivity contribution in [2.75, 3.05) is 65.4 Å². The molecule has 6 amide bonds. The van der Waals surface area contributed by atoms with E-state index in [4.69, 9.17) is 21.7 Å². The first kappa shape index (κ1) is 34.0. The number of amides is 6. The lowest BCUT2D eigenvalue weighted by atomic mass is 10.2. The van der Waals surface area contributed by atoms with Crippen molar-refractivity contribution < 1.29 is 48.6 Å². The van der Waals surface area contributed by atoms with Crippen molar-refractivity contribution in [2.45, 2.75) is 25.9 Å². The van der Waals surface area contributed by atoms with Crippen LogP contribution >= 0.6 is 0 Å². The molecule has 40 heavy (non-hydrogen) atoms. The molecule has 0 aromatic carbocycles. The van der Waals surface area contributed by atoms with Gasteiger partial charge >= 0.3 is 11.9 Å². The molecule has 224 valence electrons. The average molecular weight is 573 g/mol. The number of nitrogens with zero attached hydrogens (tertiary/aromatic N) is 4. The van der Waals surface area contributed by atoms with Crippen LogP contribution in [0.25, 0.3) is 0 Å². The Bertz CT molecular complexity index is 942. The molecule has 2 aliphatic heterocycles. The summed E-state index contributed by atoms with van der Waals surface area (Å²) in [6.45, 7) is 3.17. The lowest BCUT2D eigenvalue weighted by Crippen LogP contribution is -2.56. The summed E-state index contributed by atoms with van der Waals surface area (Å²) in [5, 5.41) is 21.9. The fraction of sp³-hybridized carbons (Fsp3) is 0.636. The number of hydrogen-bond acceptors (Lipinski definition) is 12. The largest absolute Gasteiger partial charge is 0.480 e. The second-order valence-corrected chi connectivity index (χ2v) is 9.51. The van der Waals surface area contributed by atoms with Crippen LogP contribution in [0.3, 0.4) is 0 Å². The third-order valence-electron chi connectivity index (χ3n) is 5.71.